The van der Waals surface area contributed by atoms with Gasteiger partial charge < -0.3 is 9.47 Å². The van der Waals surface area contributed by atoms with E-state index >= 15 is 0 Å². The van der Waals surface area contributed by atoms with Crippen LogP contribution >= 0.6 is 22.3 Å². The molecule has 0 aliphatic carbocycles. The van der Waals surface area contributed by atoms with E-state index in [2.05, 4.69) is 0 Å². The van der Waals surface area contributed by atoms with Crippen LogP contribution in [0, 0.1) is 0 Å². The van der Waals surface area contributed by atoms with Crippen LogP contribution in [0.5, 0.6) is 5.75 Å². The van der Waals surface area contributed by atoms with Crippen LogP contribution in [0.15, 0.2) is 12.1 Å². The molecule has 0 unspecified atom stereocenters. The lowest BCUT2D eigenvalue weighted by molar-refractivity contribution is -0.0169. The van der Waals surface area contributed by atoms with Gasteiger partial charge in [-0.3, -0.25) is 0 Å². The fourth-order valence-corrected chi connectivity index (χ4v) is 2.75. The molecule has 0 amide bonds. The Morgan fingerprint density at radius 1 is 1.38 bits per heavy atom. The molecule has 0 atom stereocenters. The van der Waals surface area contributed by atoms with Gasteiger partial charge in [-0.2, -0.15) is 0 Å². The molecule has 1 aromatic carbocycles. The Kier molecular flexibility index (Phi) is 3.30. The maximum absolute atomic E-state index is 11.0. The third kappa shape index (κ3) is 2.79. The second kappa shape index (κ2) is 4.41. The summed E-state index contributed by atoms with van der Waals surface area (Å²) >= 11 is 5.86. The molecule has 1 aromatic rings. The highest BCUT2D eigenvalue weighted by Gasteiger charge is 2.19. The molecular formula is C9H8Cl2O4S. The minimum absolute atomic E-state index is 0.101. The van der Waals surface area contributed by atoms with E-state index < -0.39 is 9.05 Å². The fourth-order valence-electron chi connectivity index (χ4n) is 1.55. The number of rotatable bonds is 2. The maximum Gasteiger partial charge on any atom is 0.236 e. The van der Waals surface area contributed by atoms with Crippen molar-refractivity contribution in [3.05, 3.63) is 28.3 Å². The van der Waals surface area contributed by atoms with Crippen LogP contribution < -0.4 is 4.74 Å². The molecule has 0 bridgehead atoms. The number of halogens is 2. The molecule has 0 N–H and O–H groups in total. The summed E-state index contributed by atoms with van der Waals surface area (Å²) in [6.07, 6.45) is 0. The Morgan fingerprint density at radius 3 is 2.81 bits per heavy atom. The highest BCUT2D eigenvalue weighted by Crippen LogP contribution is 2.33. The number of fused-ring (bicyclic) bond motifs is 1. The number of hydrogen-bond acceptors (Lipinski definition) is 4. The van der Waals surface area contributed by atoms with Crippen molar-refractivity contribution in [2.75, 3.05) is 6.79 Å². The first-order valence-electron chi connectivity index (χ1n) is 4.40. The van der Waals surface area contributed by atoms with Crippen LogP contribution in [0.3, 0.4) is 0 Å². The highest BCUT2D eigenvalue weighted by atomic mass is 35.7. The Morgan fingerprint density at radius 2 is 2.12 bits per heavy atom. The van der Waals surface area contributed by atoms with Gasteiger partial charge in [-0.05, 0) is 12.1 Å². The van der Waals surface area contributed by atoms with E-state index in [0.717, 1.165) is 5.56 Å². The van der Waals surface area contributed by atoms with Crippen molar-refractivity contribution in [3.8, 4) is 5.75 Å². The van der Waals surface area contributed by atoms with Gasteiger partial charge in [0.2, 0.25) is 9.05 Å². The minimum atomic E-state index is -3.63. The third-order valence-corrected chi connectivity index (χ3v) is 3.28. The molecule has 7 heteroatoms. The van der Waals surface area contributed by atoms with E-state index in [0.29, 0.717) is 22.9 Å². The average Bonchev–Trinajstić information content (AvgIpc) is 2.14. The molecule has 0 saturated carbocycles. The van der Waals surface area contributed by atoms with Gasteiger partial charge in [-0.25, -0.2) is 8.42 Å². The van der Waals surface area contributed by atoms with Crippen LogP contribution in [-0.4, -0.2) is 15.2 Å². The van der Waals surface area contributed by atoms with Gasteiger partial charge in [0.15, 0.2) is 6.79 Å². The van der Waals surface area contributed by atoms with Crippen LogP contribution in [0.25, 0.3) is 0 Å². The first-order chi connectivity index (χ1) is 7.46. The van der Waals surface area contributed by atoms with Crippen molar-refractivity contribution in [1.82, 2.24) is 0 Å². The third-order valence-electron chi connectivity index (χ3n) is 2.08. The SMILES string of the molecule is O=S(=O)(Cl)Cc1cc(Cl)cc2c1OCOC2. The van der Waals surface area contributed by atoms with Crippen LogP contribution in [0.4, 0.5) is 0 Å². The van der Waals surface area contributed by atoms with E-state index in [1.165, 1.54) is 6.07 Å². The predicted octanol–water partition coefficient (Wildman–Crippen LogP) is 2.28. The Labute approximate surface area is 102 Å². The first kappa shape index (κ1) is 12.0. The number of benzene rings is 1. The average molecular weight is 283 g/mol. The Balaban J connectivity index is 2.47. The number of ether oxygens (including phenoxy) is 2. The smallest absolute Gasteiger partial charge is 0.236 e. The van der Waals surface area contributed by atoms with Crippen LogP contribution in [-0.2, 0) is 26.1 Å². The first-order valence-corrected chi connectivity index (χ1v) is 7.25. The summed E-state index contributed by atoms with van der Waals surface area (Å²) in [5.74, 6) is 0.192. The van der Waals surface area contributed by atoms with Gasteiger partial charge in [-0.1, -0.05) is 11.6 Å². The summed E-state index contributed by atoms with van der Waals surface area (Å²) in [5, 5.41) is 0.433. The topological polar surface area (TPSA) is 52.6 Å². The van der Waals surface area contributed by atoms with Gasteiger partial charge in [0.05, 0.1) is 12.4 Å². The zero-order chi connectivity index (χ0) is 11.8. The van der Waals surface area contributed by atoms with E-state index in [-0.39, 0.29) is 12.5 Å². The van der Waals surface area contributed by atoms with E-state index in [1.807, 2.05) is 0 Å². The molecule has 0 fully saturated rings. The lowest BCUT2D eigenvalue weighted by Gasteiger charge is -2.20. The molecule has 0 aromatic heterocycles. The zero-order valence-electron chi connectivity index (χ0n) is 8.07. The van der Waals surface area contributed by atoms with E-state index in [1.54, 1.807) is 6.07 Å². The molecular weight excluding hydrogens is 275 g/mol. The van der Waals surface area contributed by atoms with Gasteiger partial charge in [0, 0.05) is 26.8 Å². The molecule has 0 spiro atoms. The molecule has 0 saturated heterocycles. The second-order valence-electron chi connectivity index (χ2n) is 3.35. The van der Waals surface area contributed by atoms with Gasteiger partial charge in [0.25, 0.3) is 0 Å². The van der Waals surface area contributed by atoms with Gasteiger partial charge >= 0.3 is 0 Å². The Bertz CT molecular complexity index is 512. The van der Waals surface area contributed by atoms with Crippen molar-refractivity contribution >= 4 is 31.3 Å². The summed E-state index contributed by atoms with van der Waals surface area (Å²) < 4.78 is 32.4. The summed E-state index contributed by atoms with van der Waals surface area (Å²) in [6, 6.07) is 3.21. The zero-order valence-corrected chi connectivity index (χ0v) is 10.4. The predicted molar refractivity (Wildman–Crippen MR) is 60.2 cm³/mol. The van der Waals surface area contributed by atoms with Crippen LogP contribution in [0.2, 0.25) is 5.02 Å². The van der Waals surface area contributed by atoms with Crippen molar-refractivity contribution in [2.45, 2.75) is 12.4 Å². The largest absolute Gasteiger partial charge is 0.467 e. The van der Waals surface area contributed by atoms with Crippen molar-refractivity contribution in [1.29, 1.82) is 0 Å². The second-order valence-corrected chi connectivity index (χ2v) is 6.56. The summed E-state index contributed by atoms with van der Waals surface area (Å²) in [6.45, 7) is 0.454. The number of hydrogen-bond donors (Lipinski definition) is 0. The summed E-state index contributed by atoms with van der Waals surface area (Å²) in [5.41, 5.74) is 1.19. The quantitative estimate of drug-likeness (QED) is 0.781. The standard InChI is InChI=1S/C9H8Cl2O4S/c10-8-1-6-3-14-5-15-9(6)7(2-8)4-16(11,12)13/h1-2H,3-5H2. The fraction of sp³-hybridized carbons (Fsp3) is 0.333. The summed E-state index contributed by atoms with van der Waals surface area (Å²) in [4.78, 5) is 0. The lowest BCUT2D eigenvalue weighted by atomic mass is 10.1. The molecule has 1 aliphatic rings. The lowest BCUT2D eigenvalue weighted by Crippen LogP contribution is -2.14. The monoisotopic (exact) mass is 282 g/mol. The highest BCUT2D eigenvalue weighted by molar-refractivity contribution is 8.13. The van der Waals surface area contributed by atoms with E-state index in [4.69, 9.17) is 31.8 Å². The van der Waals surface area contributed by atoms with E-state index in [9.17, 15) is 8.42 Å². The van der Waals surface area contributed by atoms with Crippen LogP contribution in [0.1, 0.15) is 11.1 Å². The Hall–Kier alpha value is -0.490. The molecule has 16 heavy (non-hydrogen) atoms. The molecule has 88 valence electrons. The minimum Gasteiger partial charge on any atom is -0.467 e. The molecule has 1 heterocycles. The molecule has 2 rings (SSSR count). The van der Waals surface area contributed by atoms with Gasteiger partial charge in [0.1, 0.15) is 5.75 Å². The molecule has 1 aliphatic heterocycles. The summed E-state index contributed by atoms with van der Waals surface area (Å²) in [7, 11) is 1.57. The van der Waals surface area contributed by atoms with Crippen molar-refractivity contribution < 1.29 is 17.9 Å². The van der Waals surface area contributed by atoms with Crippen molar-refractivity contribution in [3.63, 3.8) is 0 Å². The van der Waals surface area contributed by atoms with Crippen molar-refractivity contribution in [2.24, 2.45) is 0 Å². The van der Waals surface area contributed by atoms with Gasteiger partial charge in [-0.15, -0.1) is 0 Å². The molecule has 4 nitrogen and oxygen atoms in total. The molecule has 0 radical (unpaired) electrons. The maximum atomic E-state index is 11.0. The normalized spacial score (nSPS) is 15.4.